The van der Waals surface area contributed by atoms with E-state index in [4.69, 9.17) is 0 Å². The number of nitrogens with one attached hydrogen (secondary N) is 1. The van der Waals surface area contributed by atoms with E-state index in [0.29, 0.717) is 16.3 Å². The van der Waals surface area contributed by atoms with E-state index in [0.717, 1.165) is 41.0 Å². The largest absolute Gasteiger partial charge is 0.350 e. The Bertz CT molecular complexity index is 1200. The molecule has 1 heterocycles. The minimum absolute atomic E-state index is 0.303. The van der Waals surface area contributed by atoms with Crippen LogP contribution in [-0.4, -0.2) is 11.8 Å². The Morgan fingerprint density at radius 3 is 2.30 bits per heavy atom. The van der Waals surface area contributed by atoms with Crippen LogP contribution in [0.25, 0.3) is 0 Å². The topological polar surface area (TPSA) is 49.4 Å². The first kappa shape index (κ1) is 22.9. The van der Waals surface area contributed by atoms with Crippen LogP contribution < -0.4 is 10.2 Å². The number of aryl methyl sites for hydroxylation is 3. The van der Waals surface area contributed by atoms with E-state index in [9.17, 15) is 9.59 Å². The van der Waals surface area contributed by atoms with Crippen molar-refractivity contribution in [3.05, 3.63) is 100 Å². The third-order valence-electron chi connectivity index (χ3n) is 5.67. The molecule has 2 amide bonds. The van der Waals surface area contributed by atoms with Gasteiger partial charge in [-0.15, -0.1) is 0 Å². The van der Waals surface area contributed by atoms with Gasteiger partial charge in [-0.1, -0.05) is 67.6 Å². The Morgan fingerprint density at radius 1 is 0.879 bits per heavy atom. The molecule has 1 aliphatic heterocycles. The highest BCUT2D eigenvalue weighted by Gasteiger charge is 2.40. The maximum Gasteiger partial charge on any atom is 0.283 e. The van der Waals surface area contributed by atoms with Crippen molar-refractivity contribution in [3.63, 3.8) is 0 Å². The molecular formula is C28H28N2O2S. The van der Waals surface area contributed by atoms with Gasteiger partial charge in [0.2, 0.25) is 0 Å². The zero-order chi connectivity index (χ0) is 23.4. The van der Waals surface area contributed by atoms with Crippen molar-refractivity contribution in [2.45, 2.75) is 44.9 Å². The van der Waals surface area contributed by atoms with E-state index in [1.54, 1.807) is 0 Å². The lowest BCUT2D eigenvalue weighted by molar-refractivity contribution is -0.120. The average Bonchev–Trinajstić information content (AvgIpc) is 3.05. The fraction of sp³-hybridized carbons (Fsp3) is 0.214. The fourth-order valence-corrected chi connectivity index (χ4v) is 4.70. The highest BCUT2D eigenvalue weighted by Crippen LogP contribution is 2.38. The normalized spacial score (nSPS) is 13.7. The number of hydrogen-bond donors (Lipinski definition) is 1. The van der Waals surface area contributed by atoms with Crippen LogP contribution in [0.4, 0.5) is 11.4 Å². The van der Waals surface area contributed by atoms with Gasteiger partial charge < -0.3 is 5.32 Å². The van der Waals surface area contributed by atoms with Crippen LogP contribution in [0.15, 0.2) is 88.3 Å². The van der Waals surface area contributed by atoms with Crippen molar-refractivity contribution in [3.8, 4) is 0 Å². The second-order valence-corrected chi connectivity index (χ2v) is 9.36. The van der Waals surface area contributed by atoms with Gasteiger partial charge in [-0.3, -0.25) is 9.59 Å². The van der Waals surface area contributed by atoms with Gasteiger partial charge >= 0.3 is 0 Å². The number of carbonyl (C=O) groups is 2. The first-order valence-corrected chi connectivity index (χ1v) is 12.1. The number of amides is 2. The highest BCUT2D eigenvalue weighted by molar-refractivity contribution is 8.04. The molecule has 1 N–H and O–H groups in total. The zero-order valence-corrected chi connectivity index (χ0v) is 20.0. The van der Waals surface area contributed by atoms with Crippen molar-refractivity contribution in [1.29, 1.82) is 0 Å². The molecule has 33 heavy (non-hydrogen) atoms. The minimum atomic E-state index is -0.333. The van der Waals surface area contributed by atoms with E-state index in [2.05, 4.69) is 12.2 Å². The van der Waals surface area contributed by atoms with Gasteiger partial charge in [0.1, 0.15) is 10.6 Å². The van der Waals surface area contributed by atoms with Gasteiger partial charge in [0.25, 0.3) is 11.8 Å². The van der Waals surface area contributed by atoms with E-state index < -0.39 is 0 Å². The maximum absolute atomic E-state index is 13.5. The molecule has 5 heteroatoms. The minimum Gasteiger partial charge on any atom is -0.350 e. The van der Waals surface area contributed by atoms with E-state index in [1.165, 1.54) is 22.2 Å². The van der Waals surface area contributed by atoms with Crippen molar-refractivity contribution in [2.24, 2.45) is 0 Å². The molecule has 3 aromatic rings. The molecular weight excluding hydrogens is 428 g/mol. The quantitative estimate of drug-likeness (QED) is 0.386. The summed E-state index contributed by atoms with van der Waals surface area (Å²) in [6.45, 7) is 6.16. The predicted octanol–water partition coefficient (Wildman–Crippen LogP) is 6.64. The Balaban J connectivity index is 1.70. The van der Waals surface area contributed by atoms with Crippen molar-refractivity contribution < 1.29 is 9.59 Å². The summed E-state index contributed by atoms with van der Waals surface area (Å²) in [4.78, 5) is 29.7. The molecule has 0 unspecified atom stereocenters. The molecule has 168 valence electrons. The lowest BCUT2D eigenvalue weighted by Gasteiger charge is -2.16. The number of carbonyl (C=O) groups excluding carboxylic acids is 2. The van der Waals surface area contributed by atoms with Gasteiger partial charge in [0, 0.05) is 10.6 Å². The summed E-state index contributed by atoms with van der Waals surface area (Å²) in [5, 5.41) is 3.29. The van der Waals surface area contributed by atoms with E-state index in [-0.39, 0.29) is 11.8 Å². The summed E-state index contributed by atoms with van der Waals surface area (Å²) in [5.41, 5.74) is 5.04. The summed E-state index contributed by atoms with van der Waals surface area (Å²) in [6.07, 6.45) is 3.23. The smallest absolute Gasteiger partial charge is 0.283 e. The van der Waals surface area contributed by atoms with E-state index in [1.807, 2.05) is 86.6 Å². The molecule has 0 spiro atoms. The number of thioether (sulfide) groups is 1. The molecule has 0 radical (unpaired) electrons. The summed E-state index contributed by atoms with van der Waals surface area (Å²) in [6, 6.07) is 23.4. The van der Waals surface area contributed by atoms with Crippen LogP contribution in [0, 0.1) is 13.8 Å². The standard InChI is InChI=1S/C28H28N2O2S/c1-4-5-9-21-14-16-22(17-15-21)30-27(31)25(29-24-18-19(2)12-13-20(24)3)26(28(30)32)33-23-10-7-6-8-11-23/h6-8,10-18,29H,4-5,9H2,1-3H3. The maximum atomic E-state index is 13.5. The van der Waals surface area contributed by atoms with Gasteiger partial charge in [0.15, 0.2) is 0 Å². The molecule has 1 aliphatic rings. The second-order valence-electron chi connectivity index (χ2n) is 8.28. The first-order valence-electron chi connectivity index (χ1n) is 11.3. The number of benzene rings is 3. The Morgan fingerprint density at radius 2 is 1.61 bits per heavy atom. The molecule has 0 atom stereocenters. The number of anilines is 2. The SMILES string of the molecule is CCCCc1ccc(N2C(=O)C(Nc3cc(C)ccc3C)=C(Sc3ccccc3)C2=O)cc1. The summed E-state index contributed by atoms with van der Waals surface area (Å²) < 4.78 is 0. The van der Waals surface area contributed by atoms with Crippen LogP contribution in [0.3, 0.4) is 0 Å². The van der Waals surface area contributed by atoms with Crippen LogP contribution in [0.5, 0.6) is 0 Å². The van der Waals surface area contributed by atoms with Crippen molar-refractivity contribution in [2.75, 3.05) is 10.2 Å². The molecule has 0 aromatic heterocycles. The fourth-order valence-electron chi connectivity index (χ4n) is 3.75. The van der Waals surface area contributed by atoms with Crippen LogP contribution in [-0.2, 0) is 16.0 Å². The summed E-state index contributed by atoms with van der Waals surface area (Å²) >= 11 is 1.32. The lowest BCUT2D eigenvalue weighted by atomic mass is 10.1. The first-order chi connectivity index (χ1) is 16.0. The summed E-state index contributed by atoms with van der Waals surface area (Å²) in [7, 11) is 0. The highest BCUT2D eigenvalue weighted by atomic mass is 32.2. The third-order valence-corrected chi connectivity index (χ3v) is 6.76. The van der Waals surface area contributed by atoms with Crippen LogP contribution in [0.1, 0.15) is 36.5 Å². The van der Waals surface area contributed by atoms with E-state index >= 15 is 0 Å². The second kappa shape index (κ2) is 10.1. The van der Waals surface area contributed by atoms with Crippen molar-refractivity contribution >= 4 is 35.0 Å². The van der Waals surface area contributed by atoms with Gasteiger partial charge in [0.05, 0.1) is 5.69 Å². The molecule has 0 saturated carbocycles. The van der Waals surface area contributed by atoms with Crippen molar-refractivity contribution in [1.82, 2.24) is 0 Å². The number of imide groups is 1. The predicted molar refractivity (Wildman–Crippen MR) is 136 cm³/mol. The van der Waals surface area contributed by atoms with Crippen LogP contribution in [0.2, 0.25) is 0 Å². The molecule has 0 saturated heterocycles. The Kier molecular flexibility index (Phi) is 6.99. The molecule has 4 rings (SSSR count). The molecule has 3 aromatic carbocycles. The summed E-state index contributed by atoms with van der Waals surface area (Å²) in [5.74, 6) is -0.636. The number of rotatable bonds is 8. The Hall–Kier alpha value is -3.31. The molecule has 0 bridgehead atoms. The third kappa shape index (κ3) is 5.04. The zero-order valence-electron chi connectivity index (χ0n) is 19.2. The number of unbranched alkanes of at least 4 members (excludes halogenated alkanes) is 1. The molecule has 0 fully saturated rings. The molecule has 4 nitrogen and oxygen atoms in total. The van der Waals surface area contributed by atoms with Gasteiger partial charge in [-0.25, -0.2) is 4.90 Å². The van der Waals surface area contributed by atoms with Gasteiger partial charge in [-0.05, 0) is 73.7 Å². The number of hydrogen-bond acceptors (Lipinski definition) is 4. The van der Waals surface area contributed by atoms with Gasteiger partial charge in [-0.2, -0.15) is 0 Å². The average molecular weight is 457 g/mol. The lowest BCUT2D eigenvalue weighted by Crippen LogP contribution is -2.32. The monoisotopic (exact) mass is 456 g/mol. The van der Waals surface area contributed by atoms with Crippen LogP contribution >= 0.6 is 11.8 Å². The number of nitrogens with zero attached hydrogens (tertiary/aromatic N) is 1. The Labute approximate surface area is 199 Å². The molecule has 0 aliphatic carbocycles.